The average molecular weight is 328 g/mol. The van der Waals surface area contributed by atoms with E-state index in [2.05, 4.69) is 21.2 Å². The Morgan fingerprint density at radius 2 is 1.89 bits per heavy atom. The third kappa shape index (κ3) is 3.00. The molecule has 0 spiro atoms. The average Bonchev–Trinajstić information content (AvgIpc) is 2.83. The van der Waals surface area contributed by atoms with Crippen molar-refractivity contribution in [2.24, 2.45) is 0 Å². The summed E-state index contributed by atoms with van der Waals surface area (Å²) in [5, 5.41) is 10.9. The minimum absolute atomic E-state index is 0.0346. The Hall–Kier alpha value is -2.15. The van der Waals surface area contributed by atoms with Gasteiger partial charge in [-0.3, -0.25) is 4.79 Å². The number of nitrogens with one attached hydrogen (secondary N) is 1. The molecule has 5 nitrogen and oxygen atoms in total. The second kappa shape index (κ2) is 5.23. The summed E-state index contributed by atoms with van der Waals surface area (Å²) >= 11 is 3.15. The van der Waals surface area contributed by atoms with Crippen molar-refractivity contribution in [3.63, 3.8) is 0 Å². The number of carboxylic acids is 1. The molecule has 0 aliphatic carbocycles. The van der Waals surface area contributed by atoms with Crippen molar-refractivity contribution in [3.8, 4) is 0 Å². The van der Waals surface area contributed by atoms with Crippen LogP contribution in [0.1, 0.15) is 21.1 Å². The molecule has 0 fully saturated rings. The van der Waals surface area contributed by atoms with Crippen molar-refractivity contribution < 1.29 is 23.5 Å². The molecule has 0 aliphatic heterocycles. The zero-order chi connectivity index (χ0) is 14.0. The summed E-state index contributed by atoms with van der Waals surface area (Å²) in [6, 6.07) is 6.41. The van der Waals surface area contributed by atoms with Crippen molar-refractivity contribution in [2.45, 2.75) is 0 Å². The minimum Gasteiger partial charge on any atom is -0.475 e. The second-order valence-corrected chi connectivity index (χ2v) is 4.46. The zero-order valence-corrected chi connectivity index (χ0v) is 10.9. The first-order valence-corrected chi connectivity index (χ1v) is 5.86. The van der Waals surface area contributed by atoms with Crippen LogP contribution in [0, 0.1) is 5.82 Å². The van der Waals surface area contributed by atoms with Crippen molar-refractivity contribution in [1.82, 2.24) is 0 Å². The number of furan rings is 1. The van der Waals surface area contributed by atoms with Gasteiger partial charge >= 0.3 is 5.97 Å². The van der Waals surface area contributed by atoms with E-state index in [0.29, 0.717) is 4.47 Å². The van der Waals surface area contributed by atoms with Crippen LogP contribution in [0.4, 0.5) is 10.1 Å². The van der Waals surface area contributed by atoms with Crippen LogP contribution in [0.3, 0.4) is 0 Å². The first-order chi connectivity index (χ1) is 8.97. The third-order valence-corrected chi connectivity index (χ3v) is 2.71. The Kier molecular flexibility index (Phi) is 3.66. The quantitative estimate of drug-likeness (QED) is 0.907. The fraction of sp³-hybridized carbons (Fsp3) is 0. The Morgan fingerprint density at radius 1 is 1.21 bits per heavy atom. The molecule has 2 aromatic rings. The molecule has 0 saturated carbocycles. The number of hydrogen-bond donors (Lipinski definition) is 2. The topological polar surface area (TPSA) is 79.5 Å². The summed E-state index contributed by atoms with van der Waals surface area (Å²) < 4.78 is 18.8. The van der Waals surface area contributed by atoms with Crippen molar-refractivity contribution in [3.05, 3.63) is 52.1 Å². The Balaban J connectivity index is 2.20. The molecule has 2 N–H and O–H groups in total. The van der Waals surface area contributed by atoms with Gasteiger partial charge < -0.3 is 14.8 Å². The van der Waals surface area contributed by atoms with Gasteiger partial charge in [-0.1, -0.05) is 15.9 Å². The van der Waals surface area contributed by atoms with Gasteiger partial charge in [0.1, 0.15) is 5.82 Å². The van der Waals surface area contributed by atoms with E-state index in [4.69, 9.17) is 9.52 Å². The fourth-order valence-electron chi connectivity index (χ4n) is 1.35. The van der Waals surface area contributed by atoms with Gasteiger partial charge in [0, 0.05) is 4.47 Å². The summed E-state index contributed by atoms with van der Waals surface area (Å²) in [7, 11) is 0. The SMILES string of the molecule is O=C(O)c1ccc(C(=O)Nc2cc(Br)ccc2F)o1. The molecule has 0 bridgehead atoms. The van der Waals surface area contributed by atoms with Gasteiger partial charge in [0.2, 0.25) is 5.76 Å². The highest BCUT2D eigenvalue weighted by atomic mass is 79.9. The molecule has 19 heavy (non-hydrogen) atoms. The normalized spacial score (nSPS) is 10.2. The second-order valence-electron chi connectivity index (χ2n) is 3.55. The largest absolute Gasteiger partial charge is 0.475 e. The van der Waals surface area contributed by atoms with E-state index in [9.17, 15) is 14.0 Å². The number of benzene rings is 1. The lowest BCUT2D eigenvalue weighted by molar-refractivity contribution is 0.0660. The molecule has 1 aromatic carbocycles. The smallest absolute Gasteiger partial charge is 0.371 e. The Bertz CT molecular complexity index is 653. The highest BCUT2D eigenvalue weighted by molar-refractivity contribution is 9.10. The standard InChI is InChI=1S/C12H7BrFNO4/c13-6-1-2-7(14)8(5-6)15-11(16)9-3-4-10(19-9)12(17)18/h1-5H,(H,15,16)(H,17,18). The number of hydrogen-bond acceptors (Lipinski definition) is 3. The van der Waals surface area contributed by atoms with Crippen LogP contribution in [-0.2, 0) is 0 Å². The molecule has 1 amide bonds. The minimum atomic E-state index is -1.28. The van der Waals surface area contributed by atoms with Crippen LogP contribution in [0.15, 0.2) is 39.2 Å². The molecule has 0 atom stereocenters. The number of anilines is 1. The van der Waals surface area contributed by atoms with E-state index in [1.54, 1.807) is 0 Å². The van der Waals surface area contributed by atoms with Gasteiger partial charge in [0.15, 0.2) is 5.76 Å². The van der Waals surface area contributed by atoms with Crippen LogP contribution in [0.25, 0.3) is 0 Å². The molecular weight excluding hydrogens is 321 g/mol. The van der Waals surface area contributed by atoms with Gasteiger partial charge in [-0.15, -0.1) is 0 Å². The number of rotatable bonds is 3. The van der Waals surface area contributed by atoms with E-state index in [1.165, 1.54) is 24.3 Å². The highest BCUT2D eigenvalue weighted by Crippen LogP contribution is 2.21. The fourth-order valence-corrected chi connectivity index (χ4v) is 1.71. The first kappa shape index (κ1) is 13.3. The van der Waals surface area contributed by atoms with Gasteiger partial charge in [-0.05, 0) is 30.3 Å². The molecule has 0 aliphatic rings. The number of carboxylic acid groups (broad SMARTS) is 1. The molecule has 1 heterocycles. The van der Waals surface area contributed by atoms with Crippen molar-refractivity contribution in [2.75, 3.05) is 5.32 Å². The lowest BCUT2D eigenvalue weighted by Gasteiger charge is -2.04. The maximum atomic E-state index is 13.4. The summed E-state index contributed by atoms with van der Waals surface area (Å²) in [6.07, 6.45) is 0. The monoisotopic (exact) mass is 327 g/mol. The van der Waals surface area contributed by atoms with E-state index < -0.39 is 17.7 Å². The van der Waals surface area contributed by atoms with Gasteiger partial charge in [-0.2, -0.15) is 0 Å². The molecule has 0 saturated heterocycles. The summed E-state index contributed by atoms with van der Waals surface area (Å²) in [4.78, 5) is 22.3. The molecule has 0 unspecified atom stereocenters. The molecule has 0 radical (unpaired) electrons. The molecule has 1 aromatic heterocycles. The number of halogens is 2. The first-order valence-electron chi connectivity index (χ1n) is 5.07. The Morgan fingerprint density at radius 3 is 2.53 bits per heavy atom. The predicted molar refractivity (Wildman–Crippen MR) is 67.7 cm³/mol. The van der Waals surface area contributed by atoms with E-state index in [-0.39, 0.29) is 17.2 Å². The van der Waals surface area contributed by atoms with Gasteiger partial charge in [0.05, 0.1) is 5.69 Å². The molecular formula is C12H7BrFNO4. The summed E-state index contributed by atoms with van der Waals surface area (Å²) in [6.45, 7) is 0. The maximum absolute atomic E-state index is 13.4. The molecule has 7 heteroatoms. The van der Waals surface area contributed by atoms with E-state index >= 15 is 0 Å². The van der Waals surface area contributed by atoms with Gasteiger partial charge in [0.25, 0.3) is 5.91 Å². The van der Waals surface area contributed by atoms with E-state index in [0.717, 1.165) is 6.07 Å². The van der Waals surface area contributed by atoms with Gasteiger partial charge in [-0.25, -0.2) is 9.18 Å². The number of amides is 1. The van der Waals surface area contributed by atoms with E-state index in [1.807, 2.05) is 0 Å². The highest BCUT2D eigenvalue weighted by Gasteiger charge is 2.16. The lowest BCUT2D eigenvalue weighted by atomic mass is 10.3. The summed E-state index contributed by atoms with van der Waals surface area (Å²) in [5.41, 5.74) is -0.0346. The van der Waals surface area contributed by atoms with Crippen LogP contribution in [0.2, 0.25) is 0 Å². The van der Waals surface area contributed by atoms with Crippen LogP contribution >= 0.6 is 15.9 Å². The van der Waals surface area contributed by atoms with Crippen molar-refractivity contribution >= 4 is 33.5 Å². The number of aromatic carboxylic acids is 1. The van der Waals surface area contributed by atoms with Crippen LogP contribution in [-0.4, -0.2) is 17.0 Å². The Labute approximate surface area is 115 Å². The third-order valence-electron chi connectivity index (χ3n) is 2.22. The van der Waals surface area contributed by atoms with Crippen molar-refractivity contribution in [1.29, 1.82) is 0 Å². The summed E-state index contributed by atoms with van der Waals surface area (Å²) in [5.74, 6) is -3.20. The maximum Gasteiger partial charge on any atom is 0.371 e. The number of carbonyl (C=O) groups is 2. The predicted octanol–water partition coefficient (Wildman–Crippen LogP) is 3.13. The van der Waals surface area contributed by atoms with Crippen LogP contribution in [0.5, 0.6) is 0 Å². The molecule has 98 valence electrons. The number of carbonyl (C=O) groups excluding carboxylic acids is 1. The molecule has 2 rings (SSSR count). The lowest BCUT2D eigenvalue weighted by Crippen LogP contribution is -2.12. The zero-order valence-electron chi connectivity index (χ0n) is 9.31. The van der Waals surface area contributed by atoms with Crippen LogP contribution < -0.4 is 5.32 Å².